The zero-order chi connectivity index (χ0) is 15.0. The van der Waals surface area contributed by atoms with Crippen LogP contribution in [0.2, 0.25) is 5.82 Å². The number of rotatable bonds is 8. The summed E-state index contributed by atoms with van der Waals surface area (Å²) >= 11 is 0. The van der Waals surface area contributed by atoms with E-state index in [4.69, 9.17) is 15.1 Å². The van der Waals surface area contributed by atoms with Crippen LogP contribution in [0.4, 0.5) is 0 Å². The first kappa shape index (κ1) is 17.0. The average molecular weight is 283 g/mol. The predicted octanol–water partition coefficient (Wildman–Crippen LogP) is 0.539. The van der Waals surface area contributed by atoms with Gasteiger partial charge in [-0.3, -0.25) is 9.59 Å². The molecular formula is C13H24BN2O4. The summed E-state index contributed by atoms with van der Waals surface area (Å²) in [5, 5.41) is 0. The molecule has 1 radical (unpaired) electrons. The number of carbonyl (C=O) groups excluding carboxylic acids is 2. The quantitative estimate of drug-likeness (QED) is 0.399. The van der Waals surface area contributed by atoms with Crippen molar-refractivity contribution >= 4 is 19.4 Å². The van der Waals surface area contributed by atoms with Crippen LogP contribution >= 0.6 is 0 Å². The predicted molar refractivity (Wildman–Crippen MR) is 75.9 cm³/mol. The molecule has 113 valence electrons. The van der Waals surface area contributed by atoms with Crippen molar-refractivity contribution in [3.8, 4) is 0 Å². The van der Waals surface area contributed by atoms with Gasteiger partial charge in [0.05, 0.1) is 19.8 Å². The van der Waals surface area contributed by atoms with Gasteiger partial charge in [-0.25, -0.2) is 0 Å². The van der Waals surface area contributed by atoms with Gasteiger partial charge in [-0.2, -0.15) is 0 Å². The van der Waals surface area contributed by atoms with E-state index in [-0.39, 0.29) is 24.5 Å². The molecule has 2 N–H and O–H groups in total. The van der Waals surface area contributed by atoms with Crippen LogP contribution in [-0.2, 0) is 19.0 Å². The van der Waals surface area contributed by atoms with Crippen LogP contribution in [-0.4, -0.2) is 51.2 Å². The molecule has 1 aliphatic heterocycles. The highest BCUT2D eigenvalue weighted by Gasteiger charge is 2.32. The van der Waals surface area contributed by atoms with Crippen molar-refractivity contribution in [2.24, 2.45) is 11.7 Å². The summed E-state index contributed by atoms with van der Waals surface area (Å²) in [5.74, 6) is -1.01. The number of likely N-dealkylation sites (tertiary alicyclic amines) is 1. The van der Waals surface area contributed by atoms with Crippen molar-refractivity contribution in [1.82, 2.24) is 4.90 Å². The maximum atomic E-state index is 12.4. The molecule has 1 heterocycles. The molecule has 7 heteroatoms. The van der Waals surface area contributed by atoms with Crippen LogP contribution in [0, 0.1) is 5.92 Å². The highest BCUT2D eigenvalue weighted by Crippen LogP contribution is 2.25. The van der Waals surface area contributed by atoms with Crippen molar-refractivity contribution in [2.75, 3.05) is 26.9 Å². The normalized spacial score (nSPS) is 17.6. The Morgan fingerprint density at radius 2 is 2.00 bits per heavy atom. The Labute approximate surface area is 121 Å². The Balaban J connectivity index is 2.66. The molecule has 1 fully saturated rings. The topological polar surface area (TPSA) is 81.9 Å². The number of nitrogens with zero attached hydrogens (tertiary/aromatic N) is 1. The van der Waals surface area contributed by atoms with Crippen molar-refractivity contribution in [2.45, 2.75) is 38.4 Å². The van der Waals surface area contributed by atoms with E-state index in [0.717, 1.165) is 25.9 Å². The van der Waals surface area contributed by atoms with E-state index in [0.29, 0.717) is 12.8 Å². The first-order valence-electron chi connectivity index (χ1n) is 7.15. The van der Waals surface area contributed by atoms with Crippen LogP contribution < -0.4 is 5.73 Å². The van der Waals surface area contributed by atoms with E-state index in [1.165, 1.54) is 14.6 Å². The van der Waals surface area contributed by atoms with Crippen LogP contribution in [0.15, 0.2) is 0 Å². The van der Waals surface area contributed by atoms with Crippen molar-refractivity contribution in [3.05, 3.63) is 0 Å². The first-order valence-corrected chi connectivity index (χ1v) is 7.15. The monoisotopic (exact) mass is 283 g/mol. The Kier molecular flexibility index (Phi) is 7.61. The second kappa shape index (κ2) is 8.97. The summed E-state index contributed by atoms with van der Waals surface area (Å²) in [6.45, 7) is 3.49. The van der Waals surface area contributed by atoms with Crippen LogP contribution in [0.3, 0.4) is 0 Å². The van der Waals surface area contributed by atoms with Gasteiger partial charge < -0.3 is 20.0 Å². The lowest BCUT2D eigenvalue weighted by Crippen LogP contribution is -2.36. The zero-order valence-electron chi connectivity index (χ0n) is 12.3. The van der Waals surface area contributed by atoms with Gasteiger partial charge >= 0.3 is 13.5 Å². The molecule has 1 aliphatic rings. The standard InChI is InChI=1S/C13H24BN2O4/c1-3-10(13(18)19-2)8-11(14-20-9-15)12(17)16-6-4-5-7-16/h10-11H,3-9,15H2,1-2H3/t10-,11-/m0/s1. The van der Waals surface area contributed by atoms with Gasteiger partial charge in [0.15, 0.2) is 0 Å². The van der Waals surface area contributed by atoms with Gasteiger partial charge in [0, 0.05) is 18.9 Å². The number of ether oxygens (including phenoxy) is 1. The number of esters is 1. The zero-order valence-corrected chi connectivity index (χ0v) is 12.3. The van der Waals surface area contributed by atoms with Crippen LogP contribution in [0.1, 0.15) is 32.6 Å². The highest BCUT2D eigenvalue weighted by atomic mass is 16.5. The lowest BCUT2D eigenvalue weighted by molar-refractivity contribution is -0.146. The molecule has 0 aromatic carbocycles. The number of amides is 1. The fourth-order valence-electron chi connectivity index (χ4n) is 2.46. The molecule has 0 spiro atoms. The molecule has 20 heavy (non-hydrogen) atoms. The summed E-state index contributed by atoms with van der Waals surface area (Å²) in [6.07, 6.45) is 3.10. The van der Waals surface area contributed by atoms with E-state index >= 15 is 0 Å². The Morgan fingerprint density at radius 3 is 2.50 bits per heavy atom. The summed E-state index contributed by atoms with van der Waals surface area (Å²) in [6, 6.07) is 0. The first-order chi connectivity index (χ1) is 9.63. The molecule has 0 unspecified atom stereocenters. The van der Waals surface area contributed by atoms with Crippen molar-refractivity contribution in [1.29, 1.82) is 0 Å². The second-order valence-corrected chi connectivity index (χ2v) is 4.97. The van der Waals surface area contributed by atoms with Gasteiger partial charge in [0.2, 0.25) is 5.91 Å². The SMILES string of the molecule is CC[C@@H](C[C@H]([B]OCN)C(=O)N1CCCC1)C(=O)OC. The van der Waals surface area contributed by atoms with E-state index in [1.54, 1.807) is 0 Å². The number of carbonyl (C=O) groups is 2. The Bertz CT molecular complexity index is 321. The smallest absolute Gasteiger partial charge is 0.308 e. The fourth-order valence-corrected chi connectivity index (χ4v) is 2.46. The summed E-state index contributed by atoms with van der Waals surface area (Å²) in [7, 11) is 2.83. The Morgan fingerprint density at radius 1 is 1.35 bits per heavy atom. The fraction of sp³-hybridized carbons (Fsp3) is 0.846. The molecule has 0 aromatic rings. The largest absolute Gasteiger partial charge is 0.469 e. The molecular weight excluding hydrogens is 259 g/mol. The second-order valence-electron chi connectivity index (χ2n) is 4.97. The molecule has 0 aromatic heterocycles. The van der Waals surface area contributed by atoms with Gasteiger partial charge in [0.25, 0.3) is 0 Å². The summed E-state index contributed by atoms with van der Waals surface area (Å²) in [5.41, 5.74) is 5.31. The Hall–Kier alpha value is -1.08. The third-order valence-corrected chi connectivity index (χ3v) is 3.66. The third kappa shape index (κ3) is 4.79. The van der Waals surface area contributed by atoms with Crippen LogP contribution in [0.5, 0.6) is 0 Å². The molecule has 0 aliphatic carbocycles. The molecule has 1 saturated heterocycles. The van der Waals surface area contributed by atoms with E-state index < -0.39 is 5.82 Å². The van der Waals surface area contributed by atoms with E-state index in [1.807, 2.05) is 11.8 Å². The van der Waals surface area contributed by atoms with E-state index in [2.05, 4.69) is 0 Å². The van der Waals surface area contributed by atoms with Crippen LogP contribution in [0.25, 0.3) is 0 Å². The summed E-state index contributed by atoms with van der Waals surface area (Å²) in [4.78, 5) is 25.9. The number of hydrogen-bond acceptors (Lipinski definition) is 5. The number of nitrogens with two attached hydrogens (primary N) is 1. The van der Waals surface area contributed by atoms with Gasteiger partial charge in [0.1, 0.15) is 0 Å². The molecule has 1 amide bonds. The molecule has 6 nitrogen and oxygen atoms in total. The van der Waals surface area contributed by atoms with Gasteiger partial charge in [-0.05, 0) is 25.7 Å². The molecule has 0 saturated carbocycles. The lowest BCUT2D eigenvalue weighted by atomic mass is 9.72. The molecule has 2 atom stereocenters. The average Bonchev–Trinajstić information content (AvgIpc) is 3.00. The molecule has 0 bridgehead atoms. The summed E-state index contributed by atoms with van der Waals surface area (Å²) < 4.78 is 9.86. The minimum absolute atomic E-state index is 0.0123. The minimum atomic E-state index is -0.444. The van der Waals surface area contributed by atoms with Gasteiger partial charge in [-0.1, -0.05) is 6.92 Å². The third-order valence-electron chi connectivity index (χ3n) is 3.66. The molecule has 1 rings (SSSR count). The number of hydrogen-bond donors (Lipinski definition) is 1. The minimum Gasteiger partial charge on any atom is -0.469 e. The number of methoxy groups -OCH3 is 1. The maximum absolute atomic E-state index is 12.4. The maximum Gasteiger partial charge on any atom is 0.308 e. The van der Waals surface area contributed by atoms with Crippen molar-refractivity contribution in [3.63, 3.8) is 0 Å². The van der Waals surface area contributed by atoms with E-state index in [9.17, 15) is 9.59 Å². The highest BCUT2D eigenvalue weighted by molar-refractivity contribution is 6.37. The van der Waals surface area contributed by atoms with Crippen molar-refractivity contribution < 1.29 is 19.0 Å². The van der Waals surface area contributed by atoms with Gasteiger partial charge in [-0.15, -0.1) is 0 Å². The lowest BCUT2D eigenvalue weighted by Gasteiger charge is -2.24.